The van der Waals surface area contributed by atoms with Crippen molar-refractivity contribution in [2.45, 2.75) is 38.4 Å². The molecule has 0 aliphatic rings. The highest BCUT2D eigenvalue weighted by atomic mass is 79.9. The predicted octanol–water partition coefficient (Wildman–Crippen LogP) is 2.39. The van der Waals surface area contributed by atoms with E-state index >= 15 is 0 Å². The number of carbonyl (C=O) groups excluding carboxylic acids is 2. The van der Waals surface area contributed by atoms with Gasteiger partial charge in [0.15, 0.2) is 5.78 Å². The van der Waals surface area contributed by atoms with Crippen molar-refractivity contribution in [2.75, 3.05) is 11.9 Å². The van der Waals surface area contributed by atoms with Crippen LogP contribution in [-0.4, -0.2) is 40.0 Å². The minimum atomic E-state index is -0.985. The maximum absolute atomic E-state index is 11.9. The number of hydrogen-bond acceptors (Lipinski definition) is 5. The molecule has 0 aliphatic heterocycles. The van der Waals surface area contributed by atoms with E-state index in [2.05, 4.69) is 15.9 Å². The van der Waals surface area contributed by atoms with Crippen LogP contribution in [0.1, 0.15) is 48.2 Å². The molecule has 22 heavy (non-hydrogen) atoms. The molecule has 1 rings (SSSR count). The van der Waals surface area contributed by atoms with Gasteiger partial charge in [-0.15, -0.1) is 0 Å². The van der Waals surface area contributed by atoms with E-state index in [4.69, 9.17) is 4.74 Å². The lowest BCUT2D eigenvalue weighted by molar-refractivity contribution is -0.143. The molecule has 2 N–H and O–H groups in total. The Hall–Kier alpha value is -1.24. The van der Waals surface area contributed by atoms with Crippen LogP contribution < -0.4 is 0 Å². The summed E-state index contributed by atoms with van der Waals surface area (Å²) in [4.78, 5) is 23.2. The van der Waals surface area contributed by atoms with E-state index in [1.165, 1.54) is 0 Å². The Balaban J connectivity index is 2.60. The van der Waals surface area contributed by atoms with Crippen molar-refractivity contribution >= 4 is 27.7 Å². The van der Waals surface area contributed by atoms with E-state index in [0.717, 1.165) is 0 Å². The Bertz CT molecular complexity index is 486. The Morgan fingerprint density at radius 2 is 1.82 bits per heavy atom. The van der Waals surface area contributed by atoms with Crippen molar-refractivity contribution < 1.29 is 24.5 Å². The van der Waals surface area contributed by atoms with Crippen LogP contribution in [-0.2, 0) is 9.53 Å². The fraction of sp³-hybridized carbons (Fsp3) is 0.500. The summed E-state index contributed by atoms with van der Waals surface area (Å²) in [6.45, 7) is 2.02. The number of rotatable bonds is 9. The minimum Gasteiger partial charge on any atom is -0.466 e. The van der Waals surface area contributed by atoms with Gasteiger partial charge in [-0.25, -0.2) is 0 Å². The van der Waals surface area contributed by atoms with Gasteiger partial charge >= 0.3 is 5.97 Å². The lowest BCUT2D eigenvalue weighted by Gasteiger charge is -2.17. The van der Waals surface area contributed by atoms with Gasteiger partial charge in [-0.05, 0) is 18.9 Å². The van der Waals surface area contributed by atoms with Gasteiger partial charge < -0.3 is 14.9 Å². The number of alkyl halides is 1. The number of halogens is 1. The number of ketones is 1. The molecule has 0 aromatic heterocycles. The van der Waals surface area contributed by atoms with Crippen molar-refractivity contribution in [3.63, 3.8) is 0 Å². The molecule has 6 heteroatoms. The molecule has 5 nitrogen and oxygen atoms in total. The summed E-state index contributed by atoms with van der Waals surface area (Å²) >= 11 is 3.21. The summed E-state index contributed by atoms with van der Waals surface area (Å²) in [7, 11) is 0. The van der Waals surface area contributed by atoms with Crippen LogP contribution in [0.4, 0.5) is 0 Å². The maximum atomic E-state index is 11.9. The van der Waals surface area contributed by atoms with Gasteiger partial charge in [-0.1, -0.05) is 40.2 Å². The molecule has 2 atom stereocenters. The molecule has 1 aromatic rings. The molecule has 0 bridgehead atoms. The molecular formula is C16H21BrO5. The van der Waals surface area contributed by atoms with Crippen molar-refractivity contribution in [3.8, 4) is 0 Å². The fourth-order valence-corrected chi connectivity index (χ4v) is 2.42. The lowest BCUT2D eigenvalue weighted by Crippen LogP contribution is -2.18. The normalized spacial score (nSPS) is 13.5. The molecule has 0 fully saturated rings. The summed E-state index contributed by atoms with van der Waals surface area (Å²) in [5.41, 5.74) is 1.02. The molecule has 0 heterocycles. The third-order valence-electron chi connectivity index (χ3n) is 3.21. The second-order valence-electron chi connectivity index (χ2n) is 4.84. The van der Waals surface area contributed by atoms with Crippen LogP contribution in [0.2, 0.25) is 0 Å². The molecule has 1 aromatic carbocycles. The van der Waals surface area contributed by atoms with Crippen molar-refractivity contribution in [2.24, 2.45) is 0 Å². The first kappa shape index (κ1) is 18.8. The van der Waals surface area contributed by atoms with Gasteiger partial charge in [0.2, 0.25) is 0 Å². The summed E-state index contributed by atoms with van der Waals surface area (Å²) in [5.74, 6) is -0.545. The standard InChI is InChI=1S/C16H21BrO5/c1-2-22-15(20)8-7-13(18)11-3-5-12(6-4-11)16(21)14(19)9-10-17/h3-6,14,16,19,21H,2,7-10H2,1H3. The second-order valence-corrected chi connectivity index (χ2v) is 5.63. The van der Waals surface area contributed by atoms with Gasteiger partial charge in [0.1, 0.15) is 6.10 Å². The van der Waals surface area contributed by atoms with Crippen LogP contribution in [0.15, 0.2) is 24.3 Å². The number of ether oxygens (including phenoxy) is 1. The Morgan fingerprint density at radius 1 is 1.18 bits per heavy atom. The van der Waals surface area contributed by atoms with E-state index in [0.29, 0.717) is 29.5 Å². The fourth-order valence-electron chi connectivity index (χ4n) is 1.95. The Labute approximate surface area is 138 Å². The minimum absolute atomic E-state index is 0.0566. The van der Waals surface area contributed by atoms with Gasteiger partial charge in [0, 0.05) is 17.3 Å². The van der Waals surface area contributed by atoms with E-state index in [9.17, 15) is 19.8 Å². The Morgan fingerprint density at radius 3 is 2.36 bits per heavy atom. The zero-order chi connectivity index (χ0) is 16.5. The van der Waals surface area contributed by atoms with Crippen LogP contribution in [0.5, 0.6) is 0 Å². The molecular weight excluding hydrogens is 352 g/mol. The second kappa shape index (κ2) is 9.71. The molecule has 0 spiro atoms. The van der Waals surface area contributed by atoms with Gasteiger partial charge in [0.05, 0.1) is 19.1 Å². The number of benzene rings is 1. The highest BCUT2D eigenvalue weighted by Gasteiger charge is 2.18. The summed E-state index contributed by atoms with van der Waals surface area (Å²) in [6, 6.07) is 6.40. The van der Waals surface area contributed by atoms with Crippen LogP contribution in [0.3, 0.4) is 0 Å². The largest absolute Gasteiger partial charge is 0.466 e. The number of esters is 1. The van der Waals surface area contributed by atoms with Gasteiger partial charge in [-0.3, -0.25) is 9.59 Å². The summed E-state index contributed by atoms with van der Waals surface area (Å²) < 4.78 is 4.77. The third-order valence-corrected chi connectivity index (χ3v) is 3.66. The number of aliphatic hydroxyl groups excluding tert-OH is 2. The van der Waals surface area contributed by atoms with E-state index < -0.39 is 12.2 Å². The van der Waals surface area contributed by atoms with Crippen LogP contribution >= 0.6 is 15.9 Å². The summed E-state index contributed by atoms with van der Waals surface area (Å²) in [6.07, 6.45) is -1.26. The van der Waals surface area contributed by atoms with Crippen molar-refractivity contribution in [3.05, 3.63) is 35.4 Å². The lowest BCUT2D eigenvalue weighted by atomic mass is 9.99. The van der Waals surface area contributed by atoms with E-state index in [1.807, 2.05) is 0 Å². The molecule has 0 aliphatic carbocycles. The highest BCUT2D eigenvalue weighted by molar-refractivity contribution is 9.09. The Kier molecular flexibility index (Phi) is 8.30. The quantitative estimate of drug-likeness (QED) is 0.395. The van der Waals surface area contributed by atoms with Crippen LogP contribution in [0.25, 0.3) is 0 Å². The average molecular weight is 373 g/mol. The monoisotopic (exact) mass is 372 g/mol. The van der Waals surface area contributed by atoms with Gasteiger partial charge in [-0.2, -0.15) is 0 Å². The molecule has 2 unspecified atom stereocenters. The summed E-state index contributed by atoms with van der Waals surface area (Å²) in [5, 5.41) is 20.3. The highest BCUT2D eigenvalue weighted by Crippen LogP contribution is 2.20. The number of carbonyl (C=O) groups is 2. The number of Topliss-reactive ketones (excluding diaryl/α,β-unsaturated/α-hetero) is 1. The molecule has 0 saturated heterocycles. The third kappa shape index (κ3) is 5.87. The zero-order valence-electron chi connectivity index (χ0n) is 12.5. The zero-order valence-corrected chi connectivity index (χ0v) is 14.1. The van der Waals surface area contributed by atoms with E-state index in [1.54, 1.807) is 31.2 Å². The first-order valence-electron chi connectivity index (χ1n) is 7.20. The average Bonchev–Trinajstić information content (AvgIpc) is 2.52. The topological polar surface area (TPSA) is 83.8 Å². The van der Waals surface area contributed by atoms with Crippen LogP contribution in [0, 0.1) is 0 Å². The molecule has 0 amide bonds. The number of aliphatic hydroxyl groups is 2. The van der Waals surface area contributed by atoms with Gasteiger partial charge in [0.25, 0.3) is 0 Å². The van der Waals surface area contributed by atoms with Crippen molar-refractivity contribution in [1.29, 1.82) is 0 Å². The SMILES string of the molecule is CCOC(=O)CCC(=O)c1ccc(C(O)C(O)CCBr)cc1. The smallest absolute Gasteiger partial charge is 0.306 e. The van der Waals surface area contributed by atoms with E-state index in [-0.39, 0.29) is 24.6 Å². The molecule has 0 radical (unpaired) electrons. The molecule has 0 saturated carbocycles. The molecule has 122 valence electrons. The first-order chi connectivity index (χ1) is 10.5. The first-order valence-corrected chi connectivity index (χ1v) is 8.32. The maximum Gasteiger partial charge on any atom is 0.306 e. The predicted molar refractivity (Wildman–Crippen MR) is 86.0 cm³/mol. The number of hydrogen-bond donors (Lipinski definition) is 2. The van der Waals surface area contributed by atoms with Crippen molar-refractivity contribution in [1.82, 2.24) is 0 Å².